The molecule has 3 aromatic carbocycles. The van der Waals surface area contributed by atoms with E-state index in [0.29, 0.717) is 36.2 Å². The summed E-state index contributed by atoms with van der Waals surface area (Å²) in [7, 11) is 1.64. The summed E-state index contributed by atoms with van der Waals surface area (Å²) in [5, 5.41) is 1.22. The minimum Gasteiger partial charge on any atom is -0.384 e. The van der Waals surface area contributed by atoms with Crippen LogP contribution in [0.4, 0.5) is 17.6 Å². The number of aryl methyl sites for hydroxylation is 2. The van der Waals surface area contributed by atoms with Gasteiger partial charge in [-0.1, -0.05) is 36.4 Å². The molecule has 4 aromatic rings. The van der Waals surface area contributed by atoms with Crippen molar-refractivity contribution in [3.05, 3.63) is 95.1 Å². The average molecular weight is 454 g/mol. The van der Waals surface area contributed by atoms with E-state index < -0.39 is 11.7 Å². The highest BCUT2D eigenvalue weighted by Crippen LogP contribution is 2.30. The first-order valence-corrected chi connectivity index (χ1v) is 10.5. The van der Waals surface area contributed by atoms with Gasteiger partial charge in [0.2, 0.25) is 0 Å². The Morgan fingerprint density at radius 2 is 1.55 bits per heavy atom. The second kappa shape index (κ2) is 9.67. The molecule has 0 unspecified atom stereocenters. The van der Waals surface area contributed by atoms with Crippen molar-refractivity contribution in [2.24, 2.45) is 0 Å². The third-order valence-electron chi connectivity index (χ3n) is 5.56. The Labute approximate surface area is 189 Å². The summed E-state index contributed by atoms with van der Waals surface area (Å²) in [5.41, 5.74) is 2.33. The minimum absolute atomic E-state index is 0.318. The quantitative estimate of drug-likeness (QED) is 0.302. The van der Waals surface area contributed by atoms with Crippen LogP contribution in [-0.2, 0) is 30.2 Å². The van der Waals surface area contributed by atoms with Gasteiger partial charge in [-0.15, -0.1) is 0 Å². The van der Waals surface area contributed by atoms with E-state index in [1.807, 2.05) is 12.1 Å². The number of alkyl halides is 3. The molecule has 0 aliphatic carbocycles. The fourth-order valence-corrected chi connectivity index (χ4v) is 3.66. The lowest BCUT2D eigenvalue weighted by Gasteiger charge is -2.10. The maximum atomic E-state index is 15.1. The van der Waals surface area contributed by atoms with Crippen molar-refractivity contribution in [3.8, 4) is 11.4 Å². The van der Waals surface area contributed by atoms with E-state index >= 15 is 4.39 Å². The monoisotopic (exact) mass is 454 g/mol. The molecule has 33 heavy (non-hydrogen) atoms. The zero-order valence-electron chi connectivity index (χ0n) is 18.0. The molecule has 0 aliphatic heterocycles. The molecule has 0 spiro atoms. The first-order valence-electron chi connectivity index (χ1n) is 10.5. The van der Waals surface area contributed by atoms with Gasteiger partial charge in [-0.25, -0.2) is 14.4 Å². The topological polar surface area (TPSA) is 35.0 Å². The van der Waals surface area contributed by atoms with Gasteiger partial charge >= 0.3 is 6.18 Å². The molecule has 170 valence electrons. The summed E-state index contributed by atoms with van der Waals surface area (Å²) in [6.07, 6.45) is 0.726. The van der Waals surface area contributed by atoms with E-state index in [2.05, 4.69) is 9.97 Å². The van der Waals surface area contributed by atoms with Gasteiger partial charge in [-0.3, -0.25) is 0 Å². The molecule has 0 radical (unpaired) electrons. The molecule has 0 saturated carbocycles. The molecule has 0 fully saturated rings. The van der Waals surface area contributed by atoms with Crippen molar-refractivity contribution in [2.45, 2.75) is 25.4 Å². The first kappa shape index (κ1) is 22.9. The van der Waals surface area contributed by atoms with Crippen LogP contribution in [0, 0.1) is 5.82 Å². The number of fused-ring (bicyclic) bond motifs is 1. The lowest BCUT2D eigenvalue weighted by atomic mass is 9.98. The average Bonchev–Trinajstić information content (AvgIpc) is 2.82. The molecule has 1 heterocycles. The number of benzene rings is 3. The normalized spacial score (nSPS) is 11.8. The lowest BCUT2D eigenvalue weighted by Crippen LogP contribution is -2.04. The highest BCUT2D eigenvalue weighted by atomic mass is 19.4. The predicted molar refractivity (Wildman–Crippen MR) is 119 cm³/mol. The van der Waals surface area contributed by atoms with Crippen LogP contribution in [0.5, 0.6) is 0 Å². The van der Waals surface area contributed by atoms with E-state index in [-0.39, 0.29) is 5.82 Å². The van der Waals surface area contributed by atoms with Crippen molar-refractivity contribution in [1.29, 1.82) is 0 Å². The summed E-state index contributed by atoms with van der Waals surface area (Å²) in [6, 6.07) is 13.9. The molecule has 0 atom stereocenters. The summed E-state index contributed by atoms with van der Waals surface area (Å²) in [6.45, 7) is 0.596. The van der Waals surface area contributed by atoms with Crippen LogP contribution in [0.2, 0.25) is 0 Å². The highest BCUT2D eigenvalue weighted by Gasteiger charge is 2.29. The van der Waals surface area contributed by atoms with Crippen molar-refractivity contribution >= 4 is 10.8 Å². The van der Waals surface area contributed by atoms with E-state index in [9.17, 15) is 13.2 Å². The summed E-state index contributed by atoms with van der Waals surface area (Å²) in [5.74, 6) is 0.242. The van der Waals surface area contributed by atoms with Crippen LogP contribution >= 0.6 is 0 Å². The summed E-state index contributed by atoms with van der Waals surface area (Å²) in [4.78, 5) is 8.80. The Morgan fingerprint density at radius 1 is 0.818 bits per heavy atom. The second-order valence-corrected chi connectivity index (χ2v) is 7.83. The molecule has 0 amide bonds. The Kier molecular flexibility index (Phi) is 6.70. The molecule has 0 aliphatic rings. The molecule has 7 heteroatoms. The molecule has 1 aromatic heterocycles. The Morgan fingerprint density at radius 3 is 2.21 bits per heavy atom. The van der Waals surface area contributed by atoms with Crippen LogP contribution < -0.4 is 0 Å². The number of hydrogen-bond acceptors (Lipinski definition) is 3. The fourth-order valence-electron chi connectivity index (χ4n) is 3.66. The number of nitrogens with zero attached hydrogens (tertiary/aromatic N) is 2. The number of ether oxygens (including phenoxy) is 1. The van der Waals surface area contributed by atoms with Crippen molar-refractivity contribution in [3.63, 3.8) is 0 Å². The van der Waals surface area contributed by atoms with Crippen molar-refractivity contribution in [2.75, 3.05) is 13.7 Å². The smallest absolute Gasteiger partial charge is 0.384 e. The van der Waals surface area contributed by atoms with E-state index in [0.717, 1.165) is 40.6 Å². The van der Waals surface area contributed by atoms with E-state index in [1.165, 1.54) is 12.1 Å². The molecule has 0 N–H and O–H groups in total. The van der Waals surface area contributed by atoms with Crippen LogP contribution in [0.15, 0.2) is 67.0 Å². The van der Waals surface area contributed by atoms with Crippen LogP contribution in [0.25, 0.3) is 22.2 Å². The molecular weight excluding hydrogens is 432 g/mol. The summed E-state index contributed by atoms with van der Waals surface area (Å²) < 4.78 is 58.3. The Balaban J connectivity index is 1.50. The maximum Gasteiger partial charge on any atom is 0.416 e. The maximum absolute atomic E-state index is 15.1. The number of methoxy groups -OCH3 is 1. The second-order valence-electron chi connectivity index (χ2n) is 7.83. The lowest BCUT2D eigenvalue weighted by molar-refractivity contribution is -0.137. The minimum atomic E-state index is -4.36. The van der Waals surface area contributed by atoms with Crippen molar-refractivity contribution in [1.82, 2.24) is 9.97 Å². The van der Waals surface area contributed by atoms with E-state index in [4.69, 9.17) is 4.74 Å². The molecular formula is C26H22F4N2O. The predicted octanol–water partition coefficient (Wildman–Crippen LogP) is 6.43. The van der Waals surface area contributed by atoms with Gasteiger partial charge in [-0.05, 0) is 59.5 Å². The zero-order chi connectivity index (χ0) is 23.4. The van der Waals surface area contributed by atoms with Gasteiger partial charge in [0.1, 0.15) is 5.82 Å². The largest absolute Gasteiger partial charge is 0.416 e. The standard InChI is InChI=1S/C26H22F4N2O/c1-33-13-12-18-15-31-25(32-16-18)21-8-11-23-20(14-21)7-6-19(24(23)27)5-2-17-3-9-22(10-4-17)26(28,29)30/h3-4,6-11,14-16H,2,5,12-13H2,1H3. The van der Waals surface area contributed by atoms with Gasteiger partial charge in [0.25, 0.3) is 0 Å². The SMILES string of the molecule is COCCc1cnc(-c2ccc3c(F)c(CCc4ccc(C(F)(F)F)cc4)ccc3c2)nc1. The number of hydrogen-bond donors (Lipinski definition) is 0. The Bertz CT molecular complexity index is 1240. The zero-order valence-corrected chi connectivity index (χ0v) is 18.0. The van der Waals surface area contributed by atoms with Gasteiger partial charge in [0, 0.05) is 30.5 Å². The third-order valence-corrected chi connectivity index (χ3v) is 5.56. The number of halogens is 4. The first-order chi connectivity index (χ1) is 15.8. The van der Waals surface area contributed by atoms with Crippen LogP contribution in [0.3, 0.4) is 0 Å². The highest BCUT2D eigenvalue weighted by molar-refractivity contribution is 5.87. The summed E-state index contributed by atoms with van der Waals surface area (Å²) >= 11 is 0. The van der Waals surface area contributed by atoms with Crippen LogP contribution in [-0.4, -0.2) is 23.7 Å². The Hall–Kier alpha value is -3.32. The number of rotatable bonds is 7. The van der Waals surface area contributed by atoms with Crippen molar-refractivity contribution < 1.29 is 22.3 Å². The van der Waals surface area contributed by atoms with Gasteiger partial charge in [-0.2, -0.15) is 13.2 Å². The van der Waals surface area contributed by atoms with Crippen LogP contribution in [0.1, 0.15) is 22.3 Å². The fraction of sp³-hybridized carbons (Fsp3) is 0.231. The third kappa shape index (κ3) is 5.37. The van der Waals surface area contributed by atoms with Gasteiger partial charge in [0.05, 0.1) is 12.2 Å². The number of aromatic nitrogens is 2. The molecule has 3 nitrogen and oxygen atoms in total. The van der Waals surface area contributed by atoms with Gasteiger partial charge < -0.3 is 4.74 Å². The molecule has 4 rings (SSSR count). The molecule has 0 bridgehead atoms. The molecule has 0 saturated heterocycles. The van der Waals surface area contributed by atoms with Gasteiger partial charge in [0.15, 0.2) is 5.82 Å². The van der Waals surface area contributed by atoms with E-state index in [1.54, 1.807) is 37.7 Å².